The van der Waals surface area contributed by atoms with Gasteiger partial charge >= 0.3 is 0 Å². The summed E-state index contributed by atoms with van der Waals surface area (Å²) < 4.78 is 84.4. The first-order chi connectivity index (χ1) is 27.0. The number of fused-ring (bicyclic) bond motifs is 6. The Morgan fingerprint density at radius 1 is 0.731 bits per heavy atom. The van der Waals surface area contributed by atoms with Gasteiger partial charge in [-0.3, -0.25) is 8.78 Å². The Labute approximate surface area is 329 Å². The summed E-state index contributed by atoms with van der Waals surface area (Å²) >= 11 is 0. The average Bonchev–Trinajstić information content (AvgIpc) is 3.16. The van der Waals surface area contributed by atoms with Gasteiger partial charge in [-0.05, 0) is 81.2 Å². The van der Waals surface area contributed by atoms with Crippen LogP contribution in [0.2, 0.25) is 0 Å². The summed E-state index contributed by atoms with van der Waals surface area (Å²) in [5, 5.41) is 15.5. The van der Waals surface area contributed by atoms with Crippen LogP contribution in [0.3, 0.4) is 0 Å². The van der Waals surface area contributed by atoms with Gasteiger partial charge in [-0.25, -0.2) is 0 Å². The molecule has 52 heavy (non-hydrogen) atoms. The second-order valence-electron chi connectivity index (χ2n) is 14.4. The number of nitrogens with zero attached hydrogens (tertiary/aromatic N) is 3. The minimum Gasteiger partial charge on any atom is -0.304 e. The Morgan fingerprint density at radius 3 is 2.04 bits per heavy atom. The van der Waals surface area contributed by atoms with Crippen molar-refractivity contribution in [2.24, 2.45) is 10.8 Å². The third kappa shape index (κ3) is 8.79. The van der Waals surface area contributed by atoms with E-state index in [0.717, 1.165) is 44.5 Å². The summed E-state index contributed by atoms with van der Waals surface area (Å²) in [6.45, 7) is 8.17. The second kappa shape index (κ2) is 15.4. The van der Waals surface area contributed by atoms with E-state index in [1.165, 1.54) is 18.5 Å². The molecule has 7 rings (SSSR count). The Hall–Kier alpha value is -4.82. The average molecular weight is 873 g/mol. The van der Waals surface area contributed by atoms with E-state index in [1.54, 1.807) is 59.7 Å². The monoisotopic (exact) mass is 873 g/mol. The molecule has 3 nitrogen and oxygen atoms in total. The molecular weight excluding hydrogens is 825 g/mol. The SMILES string of the molecule is [2H]C([2H])([2H])c1cnc(-c2[c-]cc3c4ccccc4c4cc(C#N)ccc4c3c2)cc1C([2H])([2H])C(C)(C)C.[2H]C([2H])(c1ccc(-c2[c-]cc(F)cc2F)nc1)C(C)(C)C.[Ir]. The predicted octanol–water partition coefficient (Wildman–Crippen LogP) is 12.2. The van der Waals surface area contributed by atoms with Gasteiger partial charge in [-0.2, -0.15) is 5.26 Å². The fourth-order valence-corrected chi connectivity index (χ4v) is 5.91. The van der Waals surface area contributed by atoms with Crippen LogP contribution in [0.5, 0.6) is 0 Å². The van der Waals surface area contributed by atoms with Gasteiger partial charge < -0.3 is 9.97 Å². The molecule has 0 saturated carbocycles. The maximum Gasteiger partial charge on any atom is 0.0991 e. The number of benzene rings is 5. The molecule has 0 aliphatic rings. The summed E-state index contributed by atoms with van der Waals surface area (Å²) in [5.74, 6) is -1.44. The number of aromatic nitrogens is 2. The molecule has 0 spiro atoms. The number of halogens is 2. The molecule has 0 unspecified atom stereocenters. The molecule has 6 heteroatoms. The van der Waals surface area contributed by atoms with Crippen LogP contribution in [0, 0.1) is 52.8 Å². The summed E-state index contributed by atoms with van der Waals surface area (Å²) in [6.07, 6.45) is -0.820. The molecule has 0 saturated heterocycles. The van der Waals surface area contributed by atoms with Crippen LogP contribution in [-0.2, 0) is 32.9 Å². The largest absolute Gasteiger partial charge is 0.304 e. The molecule has 0 amide bonds. The van der Waals surface area contributed by atoms with Crippen LogP contribution in [0.1, 0.15) is 73.4 Å². The zero-order valence-electron chi connectivity index (χ0n) is 36.7. The first kappa shape index (κ1) is 29.7. The summed E-state index contributed by atoms with van der Waals surface area (Å²) in [6, 6.07) is 32.0. The predicted molar refractivity (Wildman–Crippen MR) is 205 cm³/mol. The van der Waals surface area contributed by atoms with E-state index in [-0.39, 0.29) is 36.8 Å². The fourth-order valence-electron chi connectivity index (χ4n) is 5.91. The van der Waals surface area contributed by atoms with Gasteiger partial charge in [-0.15, -0.1) is 35.9 Å². The van der Waals surface area contributed by atoms with Gasteiger partial charge in [0.05, 0.1) is 11.6 Å². The van der Waals surface area contributed by atoms with Gasteiger partial charge in [0.1, 0.15) is 0 Å². The molecule has 5 aromatic carbocycles. The normalized spacial score (nSPS) is 14.3. The van der Waals surface area contributed by atoms with E-state index >= 15 is 0 Å². The zero-order valence-corrected chi connectivity index (χ0v) is 32.1. The molecule has 0 atom stereocenters. The summed E-state index contributed by atoms with van der Waals surface area (Å²) in [5.41, 5.74) is 1.04. The van der Waals surface area contributed by atoms with Crippen LogP contribution in [0.25, 0.3) is 54.8 Å². The van der Waals surface area contributed by atoms with E-state index in [9.17, 15) is 14.0 Å². The Balaban J connectivity index is 0.000000256. The van der Waals surface area contributed by atoms with Crippen molar-refractivity contribution in [2.75, 3.05) is 0 Å². The molecule has 2 heterocycles. The Kier molecular flexibility index (Phi) is 8.82. The smallest absolute Gasteiger partial charge is 0.0991 e. The van der Waals surface area contributed by atoms with E-state index in [2.05, 4.69) is 28.2 Å². The van der Waals surface area contributed by atoms with Gasteiger partial charge in [0.2, 0.25) is 0 Å². The number of hydrogen-bond donors (Lipinski definition) is 0. The maximum atomic E-state index is 13.7. The van der Waals surface area contributed by atoms with Crippen molar-refractivity contribution < 1.29 is 38.5 Å². The van der Waals surface area contributed by atoms with Crippen LogP contribution in [-0.4, -0.2) is 9.97 Å². The Bertz CT molecular complexity index is 2730. The third-order valence-electron chi connectivity index (χ3n) is 7.98. The summed E-state index contributed by atoms with van der Waals surface area (Å²) in [4.78, 5) is 8.53. The van der Waals surface area contributed by atoms with E-state index < -0.39 is 42.1 Å². The van der Waals surface area contributed by atoms with Gasteiger partial charge in [0.15, 0.2) is 0 Å². The number of rotatable bonds is 4. The topological polar surface area (TPSA) is 49.6 Å². The van der Waals surface area contributed by atoms with Gasteiger partial charge in [0, 0.05) is 53.7 Å². The Morgan fingerprint density at radius 2 is 1.40 bits per heavy atom. The fraction of sp³-hybridized carbons (Fsp3) is 0.239. The number of pyridine rings is 2. The number of aryl methyl sites for hydroxylation is 1. The van der Waals surface area contributed by atoms with Crippen molar-refractivity contribution in [1.82, 2.24) is 9.97 Å². The second-order valence-corrected chi connectivity index (χ2v) is 14.4. The molecule has 7 aromatic rings. The van der Waals surface area contributed by atoms with Crippen molar-refractivity contribution in [2.45, 2.75) is 61.1 Å². The van der Waals surface area contributed by atoms with Crippen LogP contribution in [0.4, 0.5) is 8.78 Å². The molecular formula is C46H41F2IrN3-2. The molecule has 0 bridgehead atoms. The molecule has 2 aromatic heterocycles. The molecule has 0 N–H and O–H groups in total. The first-order valence-corrected chi connectivity index (χ1v) is 16.5. The number of hydrogen-bond acceptors (Lipinski definition) is 3. The third-order valence-corrected chi connectivity index (χ3v) is 7.98. The van der Waals surface area contributed by atoms with Crippen LogP contribution < -0.4 is 0 Å². The van der Waals surface area contributed by atoms with Crippen molar-refractivity contribution in [1.29, 1.82) is 5.26 Å². The van der Waals surface area contributed by atoms with E-state index in [1.807, 2.05) is 48.5 Å². The standard InChI is InChI=1S/C30H25N2.C16H16F2N.Ir/c1-19-18-32-29(15-22(19)16-30(2,3)4)21-10-12-25-23-7-5-6-8-24(23)27-13-20(17-31)9-11-26(27)28(25)14-21;1-16(2,3)9-11-4-7-15(19-10-11)13-6-5-12(17)8-14(13)18;/h5-9,11-15,18H,16H2,1-4H3;4-5,7-8,10H,9H2,1-3H3;/q2*-1;/i1D3,16D2;9D2;. The van der Waals surface area contributed by atoms with Crippen LogP contribution in [0.15, 0.2) is 97.3 Å². The van der Waals surface area contributed by atoms with Crippen molar-refractivity contribution >= 4 is 32.3 Å². The summed E-state index contributed by atoms with van der Waals surface area (Å²) in [7, 11) is 0. The molecule has 0 fully saturated rings. The van der Waals surface area contributed by atoms with Crippen molar-refractivity contribution in [3.8, 4) is 28.6 Å². The zero-order chi connectivity index (χ0) is 42.6. The maximum absolute atomic E-state index is 13.7. The van der Waals surface area contributed by atoms with E-state index in [0.29, 0.717) is 28.1 Å². The quantitative estimate of drug-likeness (QED) is 0.131. The van der Waals surface area contributed by atoms with Crippen LogP contribution >= 0.6 is 0 Å². The van der Waals surface area contributed by atoms with Crippen molar-refractivity contribution in [3.05, 3.63) is 143 Å². The minimum absolute atomic E-state index is 0. The van der Waals surface area contributed by atoms with Gasteiger partial charge in [0.25, 0.3) is 0 Å². The molecule has 265 valence electrons. The van der Waals surface area contributed by atoms with Gasteiger partial charge in [-0.1, -0.05) is 123 Å². The molecule has 0 aliphatic carbocycles. The first-order valence-electron chi connectivity index (χ1n) is 20.0. The van der Waals surface area contributed by atoms with Crippen molar-refractivity contribution in [3.63, 3.8) is 0 Å². The molecule has 1 radical (unpaired) electrons. The number of nitriles is 1. The minimum atomic E-state index is -2.50. The van der Waals surface area contributed by atoms with E-state index in [4.69, 9.17) is 9.60 Å². The molecule has 0 aliphatic heterocycles.